The van der Waals surface area contributed by atoms with Crippen molar-refractivity contribution in [1.29, 1.82) is 0 Å². The van der Waals surface area contributed by atoms with Crippen LogP contribution in [0.25, 0.3) is 0 Å². The van der Waals surface area contributed by atoms with Crippen LogP contribution in [-0.4, -0.2) is 38.2 Å². The molecule has 0 saturated carbocycles. The van der Waals surface area contributed by atoms with Crippen LogP contribution in [0.3, 0.4) is 0 Å². The molecule has 0 aliphatic heterocycles. The zero-order valence-corrected chi connectivity index (χ0v) is 14.8. The molecule has 0 aliphatic rings. The van der Waals surface area contributed by atoms with Gasteiger partial charge in [0.1, 0.15) is 6.79 Å². The van der Waals surface area contributed by atoms with Crippen LogP contribution in [-0.2, 0) is 9.47 Å². The minimum Gasteiger partial charge on any atom is -0.355 e. The first-order valence-electron chi connectivity index (χ1n) is 7.28. The van der Waals surface area contributed by atoms with Gasteiger partial charge in [0, 0.05) is 6.61 Å². The average Bonchev–Trinajstić information content (AvgIpc) is 2.39. The van der Waals surface area contributed by atoms with Crippen molar-refractivity contribution in [2.24, 2.45) is 0 Å². The van der Waals surface area contributed by atoms with Crippen LogP contribution in [0.15, 0.2) is 12.2 Å². The third-order valence-corrected chi connectivity index (χ3v) is 5.02. The summed E-state index contributed by atoms with van der Waals surface area (Å²) in [5, 5.41) is 0. The van der Waals surface area contributed by atoms with E-state index in [1.165, 1.54) is 43.1 Å². The van der Waals surface area contributed by atoms with Crippen LogP contribution in [0.5, 0.6) is 0 Å². The SMILES string of the molecule is CCCCCCCOCOCC/C=C/C[CH2][Mg][Br]. The van der Waals surface area contributed by atoms with E-state index in [4.69, 9.17) is 9.47 Å². The quantitative estimate of drug-likeness (QED) is 0.198. The molecule has 0 heterocycles. The number of ether oxygens (including phenoxy) is 2. The van der Waals surface area contributed by atoms with Crippen LogP contribution >= 0.6 is 12.9 Å². The largest absolute Gasteiger partial charge is 0.468 e. The lowest BCUT2D eigenvalue weighted by Crippen LogP contribution is -2.02. The Morgan fingerprint density at radius 2 is 1.67 bits per heavy atom. The van der Waals surface area contributed by atoms with Crippen molar-refractivity contribution < 1.29 is 9.47 Å². The lowest BCUT2D eigenvalue weighted by Gasteiger charge is -2.04. The van der Waals surface area contributed by atoms with Crippen molar-refractivity contribution in [3.05, 3.63) is 12.2 Å². The molecule has 18 heavy (non-hydrogen) atoms. The first-order valence-corrected chi connectivity index (χ1v) is 12.2. The molecule has 0 rings (SSSR count). The lowest BCUT2D eigenvalue weighted by atomic mass is 10.2. The summed E-state index contributed by atoms with van der Waals surface area (Å²) in [5.41, 5.74) is 0. The summed E-state index contributed by atoms with van der Waals surface area (Å²) in [6.45, 7) is 4.31. The second-order valence-electron chi connectivity index (χ2n) is 4.44. The van der Waals surface area contributed by atoms with Gasteiger partial charge in [0.2, 0.25) is 0 Å². The van der Waals surface area contributed by atoms with E-state index < -0.39 is 0 Å². The van der Waals surface area contributed by atoms with Gasteiger partial charge in [-0.15, -0.1) is 4.55 Å². The molecule has 0 unspecified atom stereocenters. The van der Waals surface area contributed by atoms with Gasteiger partial charge in [-0.05, 0) is 12.8 Å². The fourth-order valence-electron chi connectivity index (χ4n) is 1.57. The molecule has 0 aliphatic carbocycles. The minimum atomic E-state index is 0.0623. The van der Waals surface area contributed by atoms with E-state index >= 15 is 0 Å². The molecule has 4 heteroatoms. The monoisotopic (exact) mass is 330 g/mol. The Hall–Kier alpha value is 0.906. The third-order valence-electron chi connectivity index (χ3n) is 2.66. The summed E-state index contributed by atoms with van der Waals surface area (Å²) >= 11 is 3.61. The molecule has 0 fully saturated rings. The second kappa shape index (κ2) is 17.9. The van der Waals surface area contributed by atoms with Gasteiger partial charge in [-0.2, -0.15) is 0 Å². The second-order valence-corrected chi connectivity index (χ2v) is 7.90. The van der Waals surface area contributed by atoms with Crippen molar-refractivity contribution in [2.45, 2.75) is 56.4 Å². The minimum absolute atomic E-state index is 0.0623. The molecule has 0 radical (unpaired) electrons. The Labute approximate surface area is 128 Å². The maximum Gasteiger partial charge on any atom is 0.468 e. The van der Waals surface area contributed by atoms with Crippen molar-refractivity contribution >= 4 is 31.1 Å². The number of halogens is 1. The normalized spacial score (nSPS) is 11.0. The molecule has 0 saturated heterocycles. The maximum atomic E-state index is 5.41. The zero-order chi connectivity index (χ0) is 13.3. The van der Waals surface area contributed by atoms with Gasteiger partial charge in [-0.25, -0.2) is 0 Å². The van der Waals surface area contributed by atoms with Crippen molar-refractivity contribution in [3.8, 4) is 0 Å². The van der Waals surface area contributed by atoms with E-state index in [0.717, 1.165) is 19.6 Å². The Morgan fingerprint density at radius 1 is 0.944 bits per heavy atom. The third kappa shape index (κ3) is 16.9. The number of rotatable bonds is 14. The zero-order valence-electron chi connectivity index (χ0n) is 11.8. The molecule has 0 aromatic rings. The van der Waals surface area contributed by atoms with Crippen LogP contribution in [0.1, 0.15) is 51.9 Å². The molecule has 0 atom stereocenters. The highest BCUT2D eigenvalue weighted by molar-refractivity contribution is 9.23. The predicted molar refractivity (Wildman–Crippen MR) is 83.4 cm³/mol. The summed E-state index contributed by atoms with van der Waals surface area (Å²) in [4.78, 5) is 0. The summed E-state index contributed by atoms with van der Waals surface area (Å²) in [7, 11) is 0. The van der Waals surface area contributed by atoms with Crippen LogP contribution in [0.2, 0.25) is 4.55 Å². The molecule has 0 bridgehead atoms. The Bertz CT molecular complexity index is 177. The molecule has 104 valence electrons. The Kier molecular flexibility index (Phi) is 18.8. The molecular formula is C14H27BrMgO2. The predicted octanol–water partition coefficient (Wildman–Crippen LogP) is 4.72. The van der Waals surface area contributed by atoms with Crippen LogP contribution in [0.4, 0.5) is 0 Å². The summed E-state index contributed by atoms with van der Waals surface area (Å²) in [5.74, 6) is 0. The van der Waals surface area contributed by atoms with Crippen molar-refractivity contribution in [3.63, 3.8) is 0 Å². The van der Waals surface area contributed by atoms with E-state index in [1.807, 2.05) is 0 Å². The molecule has 0 spiro atoms. The average molecular weight is 332 g/mol. The van der Waals surface area contributed by atoms with Crippen molar-refractivity contribution in [1.82, 2.24) is 0 Å². The van der Waals surface area contributed by atoms with E-state index in [2.05, 4.69) is 32.0 Å². The smallest absolute Gasteiger partial charge is 0.355 e. The van der Waals surface area contributed by atoms with Crippen LogP contribution in [0, 0.1) is 0 Å². The molecule has 0 N–H and O–H groups in total. The van der Waals surface area contributed by atoms with Gasteiger partial charge in [0.05, 0.1) is 6.61 Å². The topological polar surface area (TPSA) is 18.5 Å². The van der Waals surface area contributed by atoms with E-state index in [1.54, 1.807) is 0 Å². The number of hydrogen-bond donors (Lipinski definition) is 0. The highest BCUT2D eigenvalue weighted by Gasteiger charge is 1.91. The lowest BCUT2D eigenvalue weighted by molar-refractivity contribution is -0.0531. The van der Waals surface area contributed by atoms with Gasteiger partial charge in [0.25, 0.3) is 0 Å². The molecular weight excluding hydrogens is 304 g/mol. The molecule has 0 amide bonds. The van der Waals surface area contributed by atoms with Crippen LogP contribution < -0.4 is 0 Å². The van der Waals surface area contributed by atoms with E-state index in [0.29, 0.717) is 6.79 Å². The number of allylic oxidation sites excluding steroid dienone is 1. The maximum absolute atomic E-state index is 5.41. The van der Waals surface area contributed by atoms with E-state index in [-0.39, 0.29) is 18.2 Å². The number of hydrogen-bond acceptors (Lipinski definition) is 2. The van der Waals surface area contributed by atoms with Crippen molar-refractivity contribution in [2.75, 3.05) is 20.0 Å². The summed E-state index contributed by atoms with van der Waals surface area (Å²) in [6.07, 6.45) is 13.1. The fourth-order valence-corrected chi connectivity index (χ4v) is 2.93. The summed E-state index contributed by atoms with van der Waals surface area (Å²) in [6, 6.07) is 0. The first-order chi connectivity index (χ1) is 8.91. The van der Waals surface area contributed by atoms with Gasteiger partial charge in [0.15, 0.2) is 0 Å². The molecule has 0 aromatic carbocycles. The van der Waals surface area contributed by atoms with Gasteiger partial charge < -0.3 is 22.4 Å². The Balaban J connectivity index is 2.96. The van der Waals surface area contributed by atoms with Gasteiger partial charge in [-0.1, -0.05) is 51.2 Å². The van der Waals surface area contributed by atoms with Gasteiger partial charge >= 0.3 is 18.2 Å². The molecule has 0 aromatic heterocycles. The standard InChI is InChI=1S/C14H27O2.BrH.Mg/c1-3-5-7-9-11-13-16-14-15-12-10-8-6-4-2;;/h6,8H,2-5,7,9-14H2,1H3;1H;/q;;+1/p-1/b8-6+;;. The first kappa shape index (κ1) is 18.9. The summed E-state index contributed by atoms with van der Waals surface area (Å²) < 4.78 is 12.2. The number of unbranched alkanes of at least 4 members (excludes halogenated alkanes) is 4. The van der Waals surface area contributed by atoms with Gasteiger partial charge in [-0.3, -0.25) is 0 Å². The molecule has 2 nitrogen and oxygen atoms in total. The Morgan fingerprint density at radius 3 is 2.44 bits per heavy atom. The van der Waals surface area contributed by atoms with E-state index in [9.17, 15) is 0 Å². The highest BCUT2D eigenvalue weighted by atomic mass is 79.9. The fraction of sp³-hybridized carbons (Fsp3) is 0.857. The highest BCUT2D eigenvalue weighted by Crippen LogP contribution is 2.02.